The van der Waals surface area contributed by atoms with Gasteiger partial charge in [-0.2, -0.15) is 10.5 Å². The van der Waals surface area contributed by atoms with E-state index in [1.54, 1.807) is 6.92 Å². The van der Waals surface area contributed by atoms with Crippen LogP contribution in [0.25, 0.3) is 0 Å². The third kappa shape index (κ3) is 6.73. The summed E-state index contributed by atoms with van der Waals surface area (Å²) in [4.78, 5) is 21.0. The number of carbonyl (C=O) groups is 1. The van der Waals surface area contributed by atoms with Gasteiger partial charge in [0.05, 0.1) is 17.2 Å². The van der Waals surface area contributed by atoms with Crippen LogP contribution in [0.4, 0.5) is 5.82 Å². The molecule has 2 aromatic rings. The molecule has 0 spiro atoms. The lowest BCUT2D eigenvalue weighted by Gasteiger charge is -2.25. The third-order valence-electron chi connectivity index (χ3n) is 6.12. The molecule has 0 saturated carbocycles. The van der Waals surface area contributed by atoms with Gasteiger partial charge in [-0.1, -0.05) is 31.2 Å². The Morgan fingerprint density at radius 2 is 1.83 bits per heavy atom. The zero-order valence-electron chi connectivity index (χ0n) is 20.7. The largest absolute Gasteiger partial charge is 0.354 e. The number of benzene rings is 1. The van der Waals surface area contributed by atoms with Crippen molar-refractivity contribution in [1.82, 2.24) is 15.2 Å². The molecule has 0 aliphatic carbocycles. The summed E-state index contributed by atoms with van der Waals surface area (Å²) >= 11 is 1.52. The van der Waals surface area contributed by atoms with Gasteiger partial charge < -0.3 is 20.9 Å². The Balaban J connectivity index is 1.81. The molecule has 184 valence electrons. The SMILES string of the molecule is CCc1c(C#N)c(SCc2ccc(CNC(=O)[C@H](C)N)cc2)nc(N2CCCN(C)CC2)c1C#N. The molecular formula is C26H33N7OS. The molecule has 1 fully saturated rings. The number of hydrogen-bond acceptors (Lipinski definition) is 8. The lowest BCUT2D eigenvalue weighted by atomic mass is 10.0. The van der Waals surface area contributed by atoms with Gasteiger partial charge in [0.15, 0.2) is 0 Å². The van der Waals surface area contributed by atoms with Crippen LogP contribution in [0, 0.1) is 22.7 Å². The number of aromatic nitrogens is 1. The Labute approximate surface area is 212 Å². The van der Waals surface area contributed by atoms with Crippen molar-refractivity contribution in [1.29, 1.82) is 10.5 Å². The van der Waals surface area contributed by atoms with Crippen LogP contribution in [0.15, 0.2) is 29.3 Å². The first-order chi connectivity index (χ1) is 16.9. The number of anilines is 1. The fourth-order valence-electron chi connectivity index (χ4n) is 4.03. The molecule has 8 nitrogen and oxygen atoms in total. The molecule has 1 aliphatic rings. The molecule has 9 heteroatoms. The van der Waals surface area contributed by atoms with Crippen molar-refractivity contribution in [3.8, 4) is 12.1 Å². The van der Waals surface area contributed by atoms with Crippen molar-refractivity contribution in [2.75, 3.05) is 38.1 Å². The Hall–Kier alpha value is -3.11. The fraction of sp³-hybridized carbons (Fsp3) is 0.462. The summed E-state index contributed by atoms with van der Waals surface area (Å²) in [5.74, 6) is 1.16. The minimum absolute atomic E-state index is 0.181. The van der Waals surface area contributed by atoms with Gasteiger partial charge in [0.2, 0.25) is 5.91 Å². The second-order valence-corrected chi connectivity index (χ2v) is 9.77. The molecule has 1 atom stereocenters. The molecule has 1 amide bonds. The Kier molecular flexibility index (Phi) is 9.50. The molecule has 1 aliphatic heterocycles. The molecule has 1 aromatic heterocycles. The van der Waals surface area contributed by atoms with E-state index in [4.69, 9.17) is 10.7 Å². The number of rotatable bonds is 8. The maximum Gasteiger partial charge on any atom is 0.236 e. The van der Waals surface area contributed by atoms with E-state index in [2.05, 4.69) is 34.3 Å². The lowest BCUT2D eigenvalue weighted by Crippen LogP contribution is -2.37. The number of nitrogens with zero attached hydrogens (tertiary/aromatic N) is 5. The average Bonchev–Trinajstić information content (AvgIpc) is 3.09. The van der Waals surface area contributed by atoms with Crippen LogP contribution in [0.3, 0.4) is 0 Å². The Bertz CT molecular complexity index is 1120. The van der Waals surface area contributed by atoms with E-state index >= 15 is 0 Å². The monoisotopic (exact) mass is 491 g/mol. The molecule has 0 bridgehead atoms. The van der Waals surface area contributed by atoms with E-state index in [-0.39, 0.29) is 5.91 Å². The van der Waals surface area contributed by atoms with E-state index in [0.717, 1.165) is 49.3 Å². The van der Waals surface area contributed by atoms with E-state index in [1.807, 2.05) is 31.2 Å². The first-order valence-electron chi connectivity index (χ1n) is 11.9. The zero-order chi connectivity index (χ0) is 25.4. The lowest BCUT2D eigenvalue weighted by molar-refractivity contribution is -0.122. The molecule has 35 heavy (non-hydrogen) atoms. The predicted octanol–water partition coefficient (Wildman–Crippen LogP) is 2.78. The van der Waals surface area contributed by atoms with Crippen LogP contribution in [-0.4, -0.2) is 55.1 Å². The number of nitrogens with one attached hydrogen (secondary N) is 1. The number of hydrogen-bond donors (Lipinski definition) is 2. The molecule has 1 aromatic carbocycles. The maximum absolute atomic E-state index is 11.7. The van der Waals surface area contributed by atoms with Crippen molar-refractivity contribution >= 4 is 23.5 Å². The average molecular weight is 492 g/mol. The normalized spacial score (nSPS) is 15.1. The van der Waals surface area contributed by atoms with Crippen LogP contribution >= 0.6 is 11.8 Å². The van der Waals surface area contributed by atoms with Crippen molar-refractivity contribution < 1.29 is 4.79 Å². The number of carbonyl (C=O) groups excluding carboxylic acids is 1. The molecule has 3 N–H and O–H groups in total. The highest BCUT2D eigenvalue weighted by Gasteiger charge is 2.24. The summed E-state index contributed by atoms with van der Waals surface area (Å²) in [5.41, 5.74) is 9.47. The van der Waals surface area contributed by atoms with Gasteiger partial charge >= 0.3 is 0 Å². The van der Waals surface area contributed by atoms with E-state index in [9.17, 15) is 15.3 Å². The van der Waals surface area contributed by atoms with E-state index in [0.29, 0.717) is 40.7 Å². The molecule has 2 heterocycles. The predicted molar refractivity (Wildman–Crippen MR) is 139 cm³/mol. The van der Waals surface area contributed by atoms with Crippen molar-refractivity contribution in [3.63, 3.8) is 0 Å². The minimum Gasteiger partial charge on any atom is -0.354 e. The number of amides is 1. The standard InChI is InChI=1S/C26H33N7OS/c1-4-21-22(14-27)24(33-11-5-10-32(3)12-13-33)31-26(23(21)15-28)35-17-20-8-6-19(7-9-20)16-30-25(34)18(2)29/h6-9,18H,4-5,10-13,16-17,29H2,1-3H3,(H,30,34)/t18-/m0/s1. The molecular weight excluding hydrogens is 458 g/mol. The summed E-state index contributed by atoms with van der Waals surface area (Å²) in [6.45, 7) is 7.63. The first kappa shape index (κ1) is 26.5. The second kappa shape index (κ2) is 12.6. The van der Waals surface area contributed by atoms with Crippen LogP contribution in [-0.2, 0) is 23.5 Å². The zero-order valence-corrected chi connectivity index (χ0v) is 21.5. The van der Waals surface area contributed by atoms with Crippen molar-refractivity contribution in [2.45, 2.75) is 50.1 Å². The smallest absolute Gasteiger partial charge is 0.236 e. The van der Waals surface area contributed by atoms with Gasteiger partial charge in [0.1, 0.15) is 23.0 Å². The van der Waals surface area contributed by atoms with Crippen LogP contribution in [0.1, 0.15) is 48.1 Å². The van der Waals surface area contributed by atoms with Gasteiger partial charge in [-0.05, 0) is 50.0 Å². The first-order valence-corrected chi connectivity index (χ1v) is 12.9. The number of nitriles is 2. The molecule has 0 radical (unpaired) electrons. The summed E-state index contributed by atoms with van der Waals surface area (Å²) in [5, 5.41) is 23.4. The highest BCUT2D eigenvalue weighted by Crippen LogP contribution is 2.33. The van der Waals surface area contributed by atoms with Gasteiger partial charge in [0.25, 0.3) is 0 Å². The fourth-order valence-corrected chi connectivity index (χ4v) is 4.99. The van der Waals surface area contributed by atoms with Crippen molar-refractivity contribution in [3.05, 3.63) is 52.1 Å². The highest BCUT2D eigenvalue weighted by atomic mass is 32.2. The number of thioether (sulfide) groups is 1. The van der Waals surface area contributed by atoms with Gasteiger partial charge in [0, 0.05) is 31.9 Å². The van der Waals surface area contributed by atoms with Crippen LogP contribution in [0.5, 0.6) is 0 Å². The topological polar surface area (TPSA) is 122 Å². The summed E-state index contributed by atoms with van der Waals surface area (Å²) < 4.78 is 0. The van der Waals surface area contributed by atoms with E-state index in [1.165, 1.54) is 11.8 Å². The molecule has 3 rings (SSSR count). The molecule has 0 unspecified atom stereocenters. The third-order valence-corrected chi connectivity index (χ3v) is 7.17. The second-order valence-electron chi connectivity index (χ2n) is 8.80. The van der Waals surface area contributed by atoms with Gasteiger partial charge in [-0.25, -0.2) is 4.98 Å². The molecule has 1 saturated heterocycles. The summed E-state index contributed by atoms with van der Waals surface area (Å²) in [6.07, 6.45) is 1.61. The minimum atomic E-state index is -0.534. The Morgan fingerprint density at radius 1 is 1.14 bits per heavy atom. The van der Waals surface area contributed by atoms with Crippen molar-refractivity contribution in [2.24, 2.45) is 5.73 Å². The van der Waals surface area contributed by atoms with Gasteiger partial charge in [-0.3, -0.25) is 4.79 Å². The number of likely N-dealkylation sites (N-methyl/N-ethyl adjacent to an activating group) is 1. The Morgan fingerprint density at radius 3 is 2.46 bits per heavy atom. The van der Waals surface area contributed by atoms with Crippen LogP contribution < -0.4 is 16.0 Å². The number of nitrogens with two attached hydrogens (primary N) is 1. The summed E-state index contributed by atoms with van der Waals surface area (Å²) in [6, 6.07) is 12.1. The maximum atomic E-state index is 11.7. The summed E-state index contributed by atoms with van der Waals surface area (Å²) in [7, 11) is 2.11. The quantitative estimate of drug-likeness (QED) is 0.541. The van der Waals surface area contributed by atoms with Gasteiger partial charge in [-0.15, -0.1) is 11.8 Å². The number of pyridine rings is 1. The van der Waals surface area contributed by atoms with Crippen LogP contribution in [0.2, 0.25) is 0 Å². The highest BCUT2D eigenvalue weighted by molar-refractivity contribution is 7.98. The van der Waals surface area contributed by atoms with E-state index < -0.39 is 6.04 Å².